The van der Waals surface area contributed by atoms with Crippen molar-refractivity contribution in [1.29, 1.82) is 0 Å². The third-order valence-electron chi connectivity index (χ3n) is 0.575. The monoisotopic (exact) mass is 216 g/mol. The van der Waals surface area contributed by atoms with Gasteiger partial charge in [-0.25, -0.2) is 0 Å². The molecular weight excluding hydrogens is 208 g/mol. The third-order valence-corrected chi connectivity index (χ3v) is 2.99. The molecule has 0 aliphatic rings. The molecule has 0 amide bonds. The Labute approximate surface area is 70.7 Å². The molecule has 6 nitrogen and oxygen atoms in total. The smallest absolute Gasteiger partial charge is 0.281 e. The van der Waals surface area contributed by atoms with Gasteiger partial charge >= 0.3 is 20.2 Å². The van der Waals surface area contributed by atoms with Gasteiger partial charge in [-0.3, -0.25) is 9.11 Å². The SMILES string of the molecule is C=C.C=C(S(=O)(=O)O)S(=O)(=O)O. The van der Waals surface area contributed by atoms with Gasteiger partial charge in [0.25, 0.3) is 0 Å². The van der Waals surface area contributed by atoms with Crippen molar-refractivity contribution in [3.8, 4) is 0 Å². The van der Waals surface area contributed by atoms with E-state index in [1.54, 1.807) is 0 Å². The minimum Gasteiger partial charge on any atom is -0.281 e. The van der Waals surface area contributed by atoms with Crippen LogP contribution in [0.3, 0.4) is 0 Å². The normalized spacial score (nSPS) is 11.2. The van der Waals surface area contributed by atoms with E-state index in [0.29, 0.717) is 0 Å². The maximum Gasteiger partial charge on any atom is 0.307 e. The topological polar surface area (TPSA) is 109 Å². The molecule has 0 aliphatic heterocycles. The third kappa shape index (κ3) is 5.02. The van der Waals surface area contributed by atoms with E-state index in [1.165, 1.54) is 0 Å². The Morgan fingerprint density at radius 2 is 1.08 bits per heavy atom. The summed E-state index contributed by atoms with van der Waals surface area (Å²) in [7, 11) is -9.79. The molecule has 0 aromatic heterocycles. The molecule has 12 heavy (non-hydrogen) atoms. The first kappa shape index (κ1) is 13.9. The molecule has 0 aliphatic carbocycles. The predicted octanol–water partition coefficient (Wildman–Crippen LogP) is 0.0354. The summed E-state index contributed by atoms with van der Waals surface area (Å²) in [6.07, 6.45) is 0. The molecule has 8 heteroatoms. The van der Waals surface area contributed by atoms with Gasteiger partial charge in [-0.05, 0) is 0 Å². The highest BCUT2D eigenvalue weighted by Crippen LogP contribution is 2.06. The second-order valence-electron chi connectivity index (χ2n) is 1.32. The van der Waals surface area contributed by atoms with Crippen LogP contribution in [0.4, 0.5) is 0 Å². The molecule has 0 aromatic rings. The van der Waals surface area contributed by atoms with E-state index in [9.17, 15) is 16.8 Å². The lowest BCUT2D eigenvalue weighted by Gasteiger charge is -1.94. The maximum atomic E-state index is 9.89. The van der Waals surface area contributed by atoms with Crippen LogP contribution in [0.1, 0.15) is 0 Å². The van der Waals surface area contributed by atoms with Crippen molar-refractivity contribution >= 4 is 20.2 Å². The molecule has 0 atom stereocenters. The van der Waals surface area contributed by atoms with Crippen molar-refractivity contribution in [2.75, 3.05) is 0 Å². The first-order valence-electron chi connectivity index (χ1n) is 2.29. The first-order valence-corrected chi connectivity index (χ1v) is 5.17. The van der Waals surface area contributed by atoms with E-state index in [2.05, 4.69) is 19.7 Å². The minimum absolute atomic E-state index is 1.62. The summed E-state index contributed by atoms with van der Waals surface area (Å²) >= 11 is 0. The zero-order valence-electron chi connectivity index (χ0n) is 5.97. The highest BCUT2D eigenvalue weighted by molar-refractivity contribution is 8.09. The van der Waals surface area contributed by atoms with Gasteiger partial charge in [0.05, 0.1) is 0 Å². The zero-order chi connectivity index (χ0) is 10.6. The van der Waals surface area contributed by atoms with E-state index in [4.69, 9.17) is 9.11 Å². The van der Waals surface area contributed by atoms with Crippen LogP contribution in [0.5, 0.6) is 0 Å². The highest BCUT2D eigenvalue weighted by atomic mass is 32.3. The fraction of sp³-hybridized carbons (Fsp3) is 0. The average Bonchev–Trinajstić information content (AvgIpc) is 1.87. The molecule has 0 rings (SSSR count). The molecule has 0 aromatic carbocycles. The van der Waals surface area contributed by atoms with Gasteiger partial charge in [0.15, 0.2) is 0 Å². The van der Waals surface area contributed by atoms with Crippen LogP contribution < -0.4 is 0 Å². The van der Waals surface area contributed by atoms with Crippen LogP contribution >= 0.6 is 0 Å². The van der Waals surface area contributed by atoms with Crippen LogP contribution in [0.15, 0.2) is 24.0 Å². The van der Waals surface area contributed by atoms with Gasteiger partial charge in [0, 0.05) is 0 Å². The molecule has 0 unspecified atom stereocenters. The summed E-state index contributed by atoms with van der Waals surface area (Å²) in [4.78, 5) is 0. The average molecular weight is 216 g/mol. The predicted molar refractivity (Wildman–Crippen MR) is 43.5 cm³/mol. The quantitative estimate of drug-likeness (QED) is 0.498. The Hall–Kier alpha value is -0.700. The van der Waals surface area contributed by atoms with Crippen molar-refractivity contribution < 1.29 is 25.9 Å². The molecule has 0 spiro atoms. The van der Waals surface area contributed by atoms with Crippen LogP contribution in [0.2, 0.25) is 0 Å². The fourth-order valence-corrected chi connectivity index (χ4v) is 1.20. The lowest BCUT2D eigenvalue weighted by Crippen LogP contribution is -2.10. The maximum absolute atomic E-state index is 9.89. The van der Waals surface area contributed by atoms with E-state index in [-0.39, 0.29) is 0 Å². The summed E-state index contributed by atoms with van der Waals surface area (Å²) in [5.41, 5.74) is 0. The summed E-state index contributed by atoms with van der Waals surface area (Å²) in [5.74, 6) is 0. The molecule has 2 N–H and O–H groups in total. The Morgan fingerprint density at radius 1 is 0.917 bits per heavy atom. The van der Waals surface area contributed by atoms with Crippen LogP contribution in [-0.2, 0) is 20.2 Å². The molecule has 0 saturated heterocycles. The number of rotatable bonds is 2. The van der Waals surface area contributed by atoms with Gasteiger partial charge < -0.3 is 0 Å². The van der Waals surface area contributed by atoms with Gasteiger partial charge in [-0.2, -0.15) is 16.8 Å². The molecular formula is C4H8O6S2. The van der Waals surface area contributed by atoms with Gasteiger partial charge in [-0.1, -0.05) is 6.58 Å². The molecule has 0 fully saturated rings. The second kappa shape index (κ2) is 4.36. The first-order chi connectivity index (χ1) is 5.15. The van der Waals surface area contributed by atoms with Crippen molar-refractivity contribution in [1.82, 2.24) is 0 Å². The van der Waals surface area contributed by atoms with Gasteiger partial charge in [-0.15, -0.1) is 13.2 Å². The van der Waals surface area contributed by atoms with Gasteiger partial charge in [0.2, 0.25) is 4.24 Å². The summed E-state index contributed by atoms with van der Waals surface area (Å²) in [6.45, 7) is 8.42. The Bertz CT molecular complexity index is 313. The Morgan fingerprint density at radius 3 is 1.08 bits per heavy atom. The minimum atomic E-state index is -4.89. The van der Waals surface area contributed by atoms with Crippen LogP contribution in [0.25, 0.3) is 0 Å². The van der Waals surface area contributed by atoms with Crippen molar-refractivity contribution in [3.63, 3.8) is 0 Å². The van der Waals surface area contributed by atoms with E-state index < -0.39 is 24.5 Å². The zero-order valence-corrected chi connectivity index (χ0v) is 7.60. The van der Waals surface area contributed by atoms with Crippen molar-refractivity contribution in [2.45, 2.75) is 0 Å². The Kier molecular flexibility index (Phi) is 5.03. The standard InChI is InChI=1S/C2H4O6S2.C2H4/c1-2(9(3,4)5)10(6,7)8;1-2/h1H2,(H,3,4,5)(H,6,7,8);1-2H2. The van der Waals surface area contributed by atoms with E-state index in [0.717, 1.165) is 0 Å². The lowest BCUT2D eigenvalue weighted by atomic mass is 11.3. The largest absolute Gasteiger partial charge is 0.307 e. The molecule has 0 bridgehead atoms. The molecule has 72 valence electrons. The van der Waals surface area contributed by atoms with Crippen molar-refractivity contribution in [2.24, 2.45) is 0 Å². The van der Waals surface area contributed by atoms with Crippen LogP contribution in [0, 0.1) is 0 Å². The summed E-state index contributed by atoms with van der Waals surface area (Å²) < 4.78 is 53.9. The lowest BCUT2D eigenvalue weighted by molar-refractivity contribution is 0.480. The highest BCUT2D eigenvalue weighted by Gasteiger charge is 2.23. The van der Waals surface area contributed by atoms with E-state index >= 15 is 0 Å². The molecule has 0 saturated carbocycles. The van der Waals surface area contributed by atoms with E-state index in [1.807, 2.05) is 0 Å². The van der Waals surface area contributed by atoms with Crippen LogP contribution in [-0.4, -0.2) is 25.9 Å². The molecule has 0 radical (unpaired) electrons. The summed E-state index contributed by atoms with van der Waals surface area (Å²) in [6, 6.07) is 0. The summed E-state index contributed by atoms with van der Waals surface area (Å²) in [5, 5.41) is 0. The van der Waals surface area contributed by atoms with Crippen molar-refractivity contribution in [3.05, 3.63) is 24.0 Å². The van der Waals surface area contributed by atoms with Gasteiger partial charge in [0.1, 0.15) is 0 Å². The second-order valence-corrected chi connectivity index (χ2v) is 4.47. The number of hydrogen-bond donors (Lipinski definition) is 2. The molecule has 0 heterocycles. The number of hydrogen-bond acceptors (Lipinski definition) is 4. The Balaban J connectivity index is 0. The fourth-order valence-electron chi connectivity index (χ4n) is 0.133.